The average Bonchev–Trinajstić information content (AvgIpc) is 2.36. The standard InChI is InChI=1S/C14H8BrClF2O/c1-7-4-10(12(16)6-13(7)18)14(19)9-5-8(17)2-3-11(9)15/h2-6H,1H3. The maximum absolute atomic E-state index is 13.3. The predicted molar refractivity (Wildman–Crippen MR) is 73.7 cm³/mol. The van der Waals surface area contributed by atoms with E-state index in [9.17, 15) is 13.6 Å². The van der Waals surface area contributed by atoms with Gasteiger partial charge in [0, 0.05) is 15.6 Å². The molecule has 0 fully saturated rings. The quantitative estimate of drug-likeness (QED) is 0.706. The van der Waals surface area contributed by atoms with Crippen molar-refractivity contribution in [3.8, 4) is 0 Å². The summed E-state index contributed by atoms with van der Waals surface area (Å²) in [6.07, 6.45) is 0. The molecule has 0 amide bonds. The predicted octanol–water partition coefficient (Wildman–Crippen LogP) is 4.92. The van der Waals surface area contributed by atoms with E-state index >= 15 is 0 Å². The van der Waals surface area contributed by atoms with E-state index in [1.165, 1.54) is 25.1 Å². The van der Waals surface area contributed by atoms with Crippen LogP contribution in [0.25, 0.3) is 0 Å². The van der Waals surface area contributed by atoms with Crippen LogP contribution in [0.4, 0.5) is 8.78 Å². The summed E-state index contributed by atoms with van der Waals surface area (Å²) in [6.45, 7) is 1.53. The first-order valence-corrected chi connectivity index (χ1v) is 6.52. The Hall–Kier alpha value is -1.26. The second-order valence-electron chi connectivity index (χ2n) is 4.03. The van der Waals surface area contributed by atoms with Gasteiger partial charge in [-0.1, -0.05) is 27.5 Å². The van der Waals surface area contributed by atoms with Crippen molar-refractivity contribution in [1.82, 2.24) is 0 Å². The van der Waals surface area contributed by atoms with Gasteiger partial charge >= 0.3 is 0 Å². The fourth-order valence-corrected chi connectivity index (χ4v) is 2.31. The average molecular weight is 346 g/mol. The molecule has 0 unspecified atom stereocenters. The lowest BCUT2D eigenvalue weighted by molar-refractivity contribution is 0.103. The Balaban J connectivity index is 2.56. The number of carbonyl (C=O) groups excluding carboxylic acids is 1. The van der Waals surface area contributed by atoms with E-state index in [0.717, 1.165) is 12.1 Å². The van der Waals surface area contributed by atoms with Crippen LogP contribution in [0.5, 0.6) is 0 Å². The van der Waals surface area contributed by atoms with Gasteiger partial charge < -0.3 is 0 Å². The summed E-state index contributed by atoms with van der Waals surface area (Å²) in [6, 6.07) is 6.22. The molecule has 1 nitrogen and oxygen atoms in total. The van der Waals surface area contributed by atoms with Gasteiger partial charge in [-0.15, -0.1) is 0 Å². The minimum atomic E-state index is -0.526. The smallest absolute Gasteiger partial charge is 0.195 e. The Morgan fingerprint density at radius 1 is 1.16 bits per heavy atom. The van der Waals surface area contributed by atoms with Gasteiger partial charge in [0.25, 0.3) is 0 Å². The van der Waals surface area contributed by atoms with Crippen LogP contribution in [0.3, 0.4) is 0 Å². The molecule has 0 N–H and O–H groups in total. The molecule has 0 aromatic heterocycles. The zero-order chi connectivity index (χ0) is 14.2. The van der Waals surface area contributed by atoms with Gasteiger partial charge in [-0.25, -0.2) is 8.78 Å². The van der Waals surface area contributed by atoms with Gasteiger partial charge in [0.1, 0.15) is 11.6 Å². The summed E-state index contributed by atoms with van der Waals surface area (Å²) in [5.74, 6) is -1.47. The van der Waals surface area contributed by atoms with Crippen LogP contribution in [-0.4, -0.2) is 5.78 Å². The Morgan fingerprint density at radius 3 is 2.53 bits per heavy atom. The Labute approximate surface area is 122 Å². The monoisotopic (exact) mass is 344 g/mol. The largest absolute Gasteiger partial charge is 0.289 e. The molecule has 5 heteroatoms. The van der Waals surface area contributed by atoms with Crippen LogP contribution in [0, 0.1) is 18.6 Å². The fourth-order valence-electron chi connectivity index (χ4n) is 1.65. The van der Waals surface area contributed by atoms with E-state index in [4.69, 9.17) is 11.6 Å². The summed E-state index contributed by atoms with van der Waals surface area (Å²) in [7, 11) is 0. The van der Waals surface area contributed by atoms with Crippen molar-refractivity contribution in [2.24, 2.45) is 0 Å². The third-order valence-electron chi connectivity index (χ3n) is 2.67. The third-order valence-corrected chi connectivity index (χ3v) is 3.67. The Morgan fingerprint density at radius 2 is 1.84 bits per heavy atom. The van der Waals surface area contributed by atoms with Crippen LogP contribution in [0.2, 0.25) is 5.02 Å². The van der Waals surface area contributed by atoms with Crippen molar-refractivity contribution in [2.45, 2.75) is 6.92 Å². The summed E-state index contributed by atoms with van der Waals surface area (Å²) in [5, 5.41) is 0.00395. The maximum Gasteiger partial charge on any atom is 0.195 e. The van der Waals surface area contributed by atoms with Gasteiger partial charge in [0.05, 0.1) is 5.02 Å². The molecule has 0 aliphatic rings. The van der Waals surface area contributed by atoms with E-state index in [1.54, 1.807) is 0 Å². The molecule has 2 rings (SSSR count). The molecule has 0 aliphatic carbocycles. The number of carbonyl (C=O) groups is 1. The highest BCUT2D eigenvalue weighted by atomic mass is 79.9. The van der Waals surface area contributed by atoms with E-state index in [-0.39, 0.29) is 16.1 Å². The van der Waals surface area contributed by atoms with Crippen molar-refractivity contribution in [3.05, 3.63) is 68.2 Å². The molecule has 0 heterocycles. The first-order chi connectivity index (χ1) is 8.90. The highest BCUT2D eigenvalue weighted by Gasteiger charge is 2.18. The number of hydrogen-bond donors (Lipinski definition) is 0. The van der Waals surface area contributed by atoms with Gasteiger partial charge in [-0.05, 0) is 42.8 Å². The normalized spacial score (nSPS) is 10.6. The minimum absolute atomic E-state index is 0.00395. The number of halogens is 4. The Bertz CT molecular complexity index is 671. The summed E-state index contributed by atoms with van der Waals surface area (Å²) in [4.78, 5) is 12.3. The SMILES string of the molecule is Cc1cc(C(=O)c2cc(F)ccc2Br)c(Cl)cc1F. The van der Waals surface area contributed by atoms with Crippen molar-refractivity contribution in [3.63, 3.8) is 0 Å². The van der Waals surface area contributed by atoms with Crippen LogP contribution >= 0.6 is 27.5 Å². The molecule has 0 bridgehead atoms. The highest BCUT2D eigenvalue weighted by molar-refractivity contribution is 9.10. The topological polar surface area (TPSA) is 17.1 Å². The van der Waals surface area contributed by atoms with E-state index in [0.29, 0.717) is 10.0 Å². The van der Waals surface area contributed by atoms with Crippen LogP contribution in [-0.2, 0) is 0 Å². The van der Waals surface area contributed by atoms with Gasteiger partial charge in [-0.2, -0.15) is 0 Å². The van der Waals surface area contributed by atoms with Gasteiger partial charge in [-0.3, -0.25) is 4.79 Å². The molecular weight excluding hydrogens is 338 g/mol. The van der Waals surface area contributed by atoms with E-state index in [1.807, 2.05) is 0 Å². The zero-order valence-electron chi connectivity index (χ0n) is 9.81. The Kier molecular flexibility index (Phi) is 4.02. The summed E-state index contributed by atoms with van der Waals surface area (Å²) < 4.78 is 27.0. The first-order valence-electron chi connectivity index (χ1n) is 5.35. The van der Waals surface area contributed by atoms with Crippen molar-refractivity contribution in [1.29, 1.82) is 0 Å². The number of aryl methyl sites for hydroxylation is 1. The molecule has 0 aliphatic heterocycles. The van der Waals surface area contributed by atoms with Crippen LogP contribution in [0.15, 0.2) is 34.8 Å². The molecule has 0 spiro atoms. The molecule has 98 valence electrons. The van der Waals surface area contributed by atoms with Crippen molar-refractivity contribution >= 4 is 33.3 Å². The number of benzene rings is 2. The second kappa shape index (κ2) is 5.39. The fraction of sp³-hybridized carbons (Fsp3) is 0.0714. The minimum Gasteiger partial charge on any atom is -0.289 e. The lowest BCUT2D eigenvalue weighted by atomic mass is 10.0. The number of hydrogen-bond acceptors (Lipinski definition) is 1. The molecule has 0 atom stereocenters. The lowest BCUT2D eigenvalue weighted by Gasteiger charge is -2.08. The van der Waals surface area contributed by atoms with Crippen LogP contribution < -0.4 is 0 Å². The van der Waals surface area contributed by atoms with Crippen molar-refractivity contribution < 1.29 is 13.6 Å². The zero-order valence-corrected chi connectivity index (χ0v) is 12.1. The third kappa shape index (κ3) is 2.85. The van der Waals surface area contributed by atoms with Gasteiger partial charge in [0.2, 0.25) is 0 Å². The molecule has 2 aromatic rings. The second-order valence-corrected chi connectivity index (χ2v) is 5.30. The molecular formula is C14H8BrClF2O. The number of rotatable bonds is 2. The first kappa shape index (κ1) is 14.2. The van der Waals surface area contributed by atoms with E-state index in [2.05, 4.69) is 15.9 Å². The highest BCUT2D eigenvalue weighted by Crippen LogP contribution is 2.26. The molecule has 0 radical (unpaired) electrons. The lowest BCUT2D eigenvalue weighted by Crippen LogP contribution is -2.05. The van der Waals surface area contributed by atoms with Gasteiger partial charge in [0.15, 0.2) is 5.78 Å². The maximum atomic E-state index is 13.3. The van der Waals surface area contributed by atoms with Crippen molar-refractivity contribution in [2.75, 3.05) is 0 Å². The summed E-state index contributed by atoms with van der Waals surface area (Å²) >= 11 is 9.05. The molecule has 0 saturated heterocycles. The summed E-state index contributed by atoms with van der Waals surface area (Å²) in [5.41, 5.74) is 0.597. The molecule has 0 saturated carbocycles. The number of ketones is 1. The molecule has 2 aromatic carbocycles. The van der Waals surface area contributed by atoms with Crippen LogP contribution in [0.1, 0.15) is 21.5 Å². The molecule has 19 heavy (non-hydrogen) atoms. The van der Waals surface area contributed by atoms with E-state index < -0.39 is 17.4 Å².